The zero-order valence-corrected chi connectivity index (χ0v) is 13.4. The largest absolute Gasteiger partial charge is 0.370 e. The first kappa shape index (κ1) is 13.7. The Morgan fingerprint density at radius 1 is 1.41 bits per heavy atom. The van der Waals surface area contributed by atoms with Crippen molar-refractivity contribution in [2.75, 3.05) is 24.6 Å². The number of pyridine rings is 1. The molecule has 6 nitrogen and oxygen atoms in total. The van der Waals surface area contributed by atoms with Crippen LogP contribution in [0.15, 0.2) is 24.5 Å². The van der Waals surface area contributed by atoms with E-state index in [4.69, 9.17) is 9.72 Å². The number of thiazole rings is 1. The molecule has 7 heteroatoms. The van der Waals surface area contributed by atoms with Gasteiger partial charge in [-0.3, -0.25) is 4.98 Å². The minimum absolute atomic E-state index is 0.0497. The van der Waals surface area contributed by atoms with Gasteiger partial charge in [0.05, 0.1) is 23.5 Å². The van der Waals surface area contributed by atoms with Crippen LogP contribution in [0, 0.1) is 6.92 Å². The van der Waals surface area contributed by atoms with Crippen molar-refractivity contribution in [3.8, 4) is 0 Å². The lowest BCUT2D eigenvalue weighted by Gasteiger charge is -2.32. The number of anilines is 1. The summed E-state index contributed by atoms with van der Waals surface area (Å²) >= 11 is 1.71. The molecule has 0 radical (unpaired) electrons. The van der Waals surface area contributed by atoms with Gasteiger partial charge < -0.3 is 9.64 Å². The maximum Gasteiger partial charge on any atom is 0.188 e. The van der Waals surface area contributed by atoms with E-state index >= 15 is 0 Å². The molecule has 0 N–H and O–H groups in total. The van der Waals surface area contributed by atoms with Crippen LogP contribution in [-0.4, -0.2) is 39.4 Å². The number of hydrogen-bond donors (Lipinski definition) is 0. The third kappa shape index (κ3) is 2.26. The van der Waals surface area contributed by atoms with Crippen molar-refractivity contribution in [1.82, 2.24) is 19.7 Å². The fourth-order valence-corrected chi connectivity index (χ4v) is 3.87. The van der Waals surface area contributed by atoms with E-state index in [-0.39, 0.29) is 6.10 Å². The Labute approximate surface area is 132 Å². The van der Waals surface area contributed by atoms with Crippen molar-refractivity contribution in [1.29, 1.82) is 0 Å². The summed E-state index contributed by atoms with van der Waals surface area (Å²) in [7, 11) is 1.94. The molecule has 22 heavy (non-hydrogen) atoms. The van der Waals surface area contributed by atoms with Gasteiger partial charge in [0.25, 0.3) is 0 Å². The molecule has 0 unspecified atom stereocenters. The van der Waals surface area contributed by atoms with Gasteiger partial charge in [0.15, 0.2) is 10.8 Å². The van der Waals surface area contributed by atoms with Gasteiger partial charge in [0.2, 0.25) is 0 Å². The average Bonchev–Trinajstić information content (AvgIpc) is 3.11. The zero-order valence-electron chi connectivity index (χ0n) is 12.6. The monoisotopic (exact) mass is 315 g/mol. The fourth-order valence-electron chi connectivity index (χ4n) is 2.80. The molecule has 1 fully saturated rings. The Morgan fingerprint density at radius 2 is 2.32 bits per heavy atom. The Kier molecular flexibility index (Phi) is 3.31. The summed E-state index contributed by atoms with van der Waals surface area (Å²) in [6.45, 7) is 4.40. The van der Waals surface area contributed by atoms with Crippen molar-refractivity contribution in [3.05, 3.63) is 35.8 Å². The van der Waals surface area contributed by atoms with Gasteiger partial charge in [-0.1, -0.05) is 17.4 Å². The van der Waals surface area contributed by atoms with E-state index in [9.17, 15) is 0 Å². The molecular weight excluding hydrogens is 298 g/mol. The van der Waals surface area contributed by atoms with Crippen LogP contribution < -0.4 is 4.90 Å². The molecule has 1 atom stereocenters. The first-order valence-corrected chi connectivity index (χ1v) is 8.10. The van der Waals surface area contributed by atoms with Gasteiger partial charge in [-0.25, -0.2) is 9.67 Å². The molecule has 0 amide bonds. The van der Waals surface area contributed by atoms with E-state index < -0.39 is 0 Å². The Balaban J connectivity index is 1.62. The maximum absolute atomic E-state index is 5.90. The number of nitrogens with zero attached hydrogens (tertiary/aromatic N) is 5. The summed E-state index contributed by atoms with van der Waals surface area (Å²) in [5.74, 6) is 0. The number of rotatable bonds is 2. The Hall–Kier alpha value is -1.99. The maximum atomic E-state index is 5.90. The van der Waals surface area contributed by atoms with Crippen LogP contribution in [0.4, 0.5) is 5.13 Å². The highest BCUT2D eigenvalue weighted by molar-refractivity contribution is 7.22. The lowest BCUT2D eigenvalue weighted by Crippen LogP contribution is -2.38. The van der Waals surface area contributed by atoms with Crippen LogP contribution in [0.5, 0.6) is 0 Å². The highest BCUT2D eigenvalue weighted by Gasteiger charge is 2.25. The van der Waals surface area contributed by atoms with Gasteiger partial charge in [-0.05, 0) is 13.0 Å². The first-order chi connectivity index (χ1) is 10.7. The summed E-state index contributed by atoms with van der Waals surface area (Å²) in [6.07, 6.45) is 3.71. The van der Waals surface area contributed by atoms with Crippen molar-refractivity contribution in [3.63, 3.8) is 0 Å². The number of aromatic nitrogens is 4. The number of aryl methyl sites for hydroxylation is 2. The fraction of sp³-hybridized carbons (Fsp3) is 0.400. The normalized spacial score (nSPS) is 19.0. The van der Waals surface area contributed by atoms with Crippen LogP contribution in [0.3, 0.4) is 0 Å². The molecule has 3 aromatic rings. The topological polar surface area (TPSA) is 56.1 Å². The van der Waals surface area contributed by atoms with Crippen molar-refractivity contribution >= 4 is 26.8 Å². The van der Waals surface area contributed by atoms with Gasteiger partial charge in [0, 0.05) is 31.5 Å². The van der Waals surface area contributed by atoms with E-state index in [1.165, 1.54) is 4.70 Å². The molecule has 0 spiro atoms. The van der Waals surface area contributed by atoms with E-state index in [0.29, 0.717) is 6.61 Å². The van der Waals surface area contributed by atoms with Gasteiger partial charge in [-0.2, -0.15) is 5.10 Å². The van der Waals surface area contributed by atoms with E-state index in [0.717, 1.165) is 35.1 Å². The Morgan fingerprint density at radius 3 is 3.09 bits per heavy atom. The van der Waals surface area contributed by atoms with Crippen molar-refractivity contribution in [2.45, 2.75) is 13.0 Å². The lowest BCUT2D eigenvalue weighted by atomic mass is 10.1. The van der Waals surface area contributed by atoms with E-state index in [2.05, 4.69) is 21.0 Å². The van der Waals surface area contributed by atoms with Crippen LogP contribution in [-0.2, 0) is 11.8 Å². The molecular formula is C15H17N5OS. The molecule has 4 heterocycles. The van der Waals surface area contributed by atoms with Crippen LogP contribution in [0.25, 0.3) is 10.3 Å². The van der Waals surface area contributed by atoms with Crippen LogP contribution in [0.1, 0.15) is 17.4 Å². The number of hydrogen-bond acceptors (Lipinski definition) is 6. The molecule has 114 valence electrons. The quantitative estimate of drug-likeness (QED) is 0.726. The molecule has 1 aliphatic rings. The number of morpholine rings is 1. The Bertz CT molecular complexity index is 762. The summed E-state index contributed by atoms with van der Waals surface area (Å²) in [5, 5.41) is 5.46. The van der Waals surface area contributed by atoms with E-state index in [1.807, 2.05) is 30.9 Å². The minimum atomic E-state index is 0.0497. The van der Waals surface area contributed by atoms with Crippen LogP contribution >= 0.6 is 11.3 Å². The molecule has 3 aromatic heterocycles. The third-order valence-electron chi connectivity index (χ3n) is 3.93. The summed E-state index contributed by atoms with van der Waals surface area (Å²) in [5.41, 5.74) is 3.12. The first-order valence-electron chi connectivity index (χ1n) is 7.29. The second-order valence-corrected chi connectivity index (χ2v) is 6.43. The van der Waals surface area contributed by atoms with Gasteiger partial charge >= 0.3 is 0 Å². The molecule has 0 aromatic carbocycles. The number of fused-ring (bicyclic) bond motifs is 1. The standard InChI is InChI=1S/C15H17N5OS/c1-10-13-14(19(2)18-10)17-15(22-13)20-6-7-21-12(9-20)11-4-3-5-16-8-11/h3-5,8,12H,6-7,9H2,1-2H3/t12-/m0/s1. The summed E-state index contributed by atoms with van der Waals surface area (Å²) in [4.78, 5) is 11.2. The predicted octanol–water partition coefficient (Wildman–Crippen LogP) is 2.31. The van der Waals surface area contributed by atoms with E-state index in [1.54, 1.807) is 17.5 Å². The second-order valence-electron chi connectivity index (χ2n) is 5.45. The molecule has 1 saturated heterocycles. The second kappa shape index (κ2) is 5.33. The molecule has 1 aliphatic heterocycles. The van der Waals surface area contributed by atoms with Crippen molar-refractivity contribution < 1.29 is 4.74 Å². The number of ether oxygens (including phenoxy) is 1. The molecule has 4 rings (SSSR count). The van der Waals surface area contributed by atoms with Gasteiger partial charge in [-0.15, -0.1) is 0 Å². The van der Waals surface area contributed by atoms with Crippen molar-refractivity contribution in [2.24, 2.45) is 7.05 Å². The highest BCUT2D eigenvalue weighted by atomic mass is 32.1. The summed E-state index contributed by atoms with van der Waals surface area (Å²) < 4.78 is 8.92. The smallest absolute Gasteiger partial charge is 0.188 e. The minimum Gasteiger partial charge on any atom is -0.370 e. The molecule has 0 bridgehead atoms. The molecule has 0 aliphatic carbocycles. The average molecular weight is 315 g/mol. The summed E-state index contributed by atoms with van der Waals surface area (Å²) in [6, 6.07) is 4.01. The van der Waals surface area contributed by atoms with Gasteiger partial charge in [0.1, 0.15) is 6.10 Å². The van der Waals surface area contributed by atoms with Crippen LogP contribution in [0.2, 0.25) is 0 Å². The predicted molar refractivity (Wildman–Crippen MR) is 86.3 cm³/mol. The highest BCUT2D eigenvalue weighted by Crippen LogP contribution is 2.33. The SMILES string of the molecule is Cc1nn(C)c2nc(N3CCO[C@H](c4cccnc4)C3)sc12. The molecule has 0 saturated carbocycles. The third-order valence-corrected chi connectivity index (χ3v) is 5.14. The zero-order chi connectivity index (χ0) is 15.1. The lowest BCUT2D eigenvalue weighted by molar-refractivity contribution is 0.0396.